The maximum absolute atomic E-state index is 13.4. The molecule has 0 radical (unpaired) electrons. The average Bonchev–Trinajstić information content (AvgIpc) is 2.37. The first kappa shape index (κ1) is 14.4. The largest absolute Gasteiger partial charge is 0.317 e. The summed E-state index contributed by atoms with van der Waals surface area (Å²) >= 11 is 5.28. The molecule has 0 aromatic heterocycles. The normalized spacial score (nSPS) is 10.3. The van der Waals surface area contributed by atoms with Gasteiger partial charge in [-0.05, 0) is 68.9 Å². The molecule has 0 bridgehead atoms. The molecular weight excluding hydrogens is 431 g/mol. The molecule has 0 unspecified atom stereocenters. The molecule has 1 N–H and O–H groups in total. The van der Waals surface area contributed by atoms with Crippen LogP contribution in [0.3, 0.4) is 0 Å². The fraction of sp³-hybridized carbons (Fsp3) is 0. The van der Waals surface area contributed by atoms with E-state index >= 15 is 0 Å². The highest BCUT2D eigenvalue weighted by Gasteiger charge is 2.15. The molecule has 0 saturated heterocycles. The molecule has 0 aliphatic heterocycles. The number of amides is 1. The van der Waals surface area contributed by atoms with Crippen molar-refractivity contribution in [3.8, 4) is 0 Å². The Bertz CT molecular complexity index is 628. The summed E-state index contributed by atoms with van der Waals surface area (Å²) in [7, 11) is 0. The SMILES string of the molecule is O=C(Nc1c(F)cccc1F)c1cc(I)ccc1Br. The van der Waals surface area contributed by atoms with Crippen molar-refractivity contribution >= 4 is 50.1 Å². The summed E-state index contributed by atoms with van der Waals surface area (Å²) in [6, 6.07) is 8.55. The van der Waals surface area contributed by atoms with Gasteiger partial charge in [0.25, 0.3) is 5.91 Å². The first-order chi connectivity index (χ1) is 8.99. The molecule has 0 fully saturated rings. The molecule has 6 heteroatoms. The van der Waals surface area contributed by atoms with Gasteiger partial charge < -0.3 is 5.32 Å². The third kappa shape index (κ3) is 3.30. The van der Waals surface area contributed by atoms with Crippen LogP contribution in [0.5, 0.6) is 0 Å². The van der Waals surface area contributed by atoms with Crippen molar-refractivity contribution in [1.82, 2.24) is 0 Å². The van der Waals surface area contributed by atoms with Gasteiger partial charge in [-0.15, -0.1) is 0 Å². The van der Waals surface area contributed by atoms with E-state index in [-0.39, 0.29) is 0 Å². The van der Waals surface area contributed by atoms with Crippen LogP contribution in [0, 0.1) is 15.2 Å². The van der Waals surface area contributed by atoms with Crippen LogP contribution in [-0.4, -0.2) is 5.91 Å². The van der Waals surface area contributed by atoms with E-state index in [9.17, 15) is 13.6 Å². The Balaban J connectivity index is 2.34. The van der Waals surface area contributed by atoms with Crippen LogP contribution in [0.15, 0.2) is 40.9 Å². The van der Waals surface area contributed by atoms with Crippen LogP contribution in [-0.2, 0) is 0 Å². The van der Waals surface area contributed by atoms with Gasteiger partial charge in [-0.25, -0.2) is 8.78 Å². The molecule has 0 atom stereocenters. The Labute approximate surface area is 130 Å². The van der Waals surface area contributed by atoms with Crippen LogP contribution < -0.4 is 5.32 Å². The lowest BCUT2D eigenvalue weighted by atomic mass is 10.2. The highest BCUT2D eigenvalue weighted by atomic mass is 127. The Hall–Kier alpha value is -1.02. The minimum Gasteiger partial charge on any atom is -0.317 e. The van der Waals surface area contributed by atoms with Crippen molar-refractivity contribution in [3.63, 3.8) is 0 Å². The maximum atomic E-state index is 13.4. The fourth-order valence-electron chi connectivity index (χ4n) is 1.47. The van der Waals surface area contributed by atoms with E-state index in [1.54, 1.807) is 12.1 Å². The highest BCUT2D eigenvalue weighted by Crippen LogP contribution is 2.23. The molecule has 2 aromatic carbocycles. The number of benzene rings is 2. The van der Waals surface area contributed by atoms with Crippen LogP contribution in [0.25, 0.3) is 0 Å². The summed E-state index contributed by atoms with van der Waals surface area (Å²) in [5, 5.41) is 2.24. The van der Waals surface area contributed by atoms with Crippen molar-refractivity contribution in [1.29, 1.82) is 0 Å². The second-order valence-corrected chi connectivity index (χ2v) is 5.77. The van der Waals surface area contributed by atoms with Crippen LogP contribution in [0.4, 0.5) is 14.5 Å². The van der Waals surface area contributed by atoms with Gasteiger partial charge in [-0.3, -0.25) is 4.79 Å². The molecule has 2 aromatic rings. The van der Waals surface area contributed by atoms with E-state index in [0.717, 1.165) is 15.7 Å². The molecule has 0 aliphatic carbocycles. The van der Waals surface area contributed by atoms with Gasteiger partial charge in [0.2, 0.25) is 0 Å². The third-order valence-electron chi connectivity index (χ3n) is 2.37. The zero-order chi connectivity index (χ0) is 14.0. The lowest BCUT2D eigenvalue weighted by molar-refractivity contribution is 0.102. The van der Waals surface area contributed by atoms with Gasteiger partial charge in [-0.1, -0.05) is 6.07 Å². The summed E-state index contributed by atoms with van der Waals surface area (Å²) < 4.78 is 28.3. The minimum absolute atomic E-state index is 0.314. The number of rotatable bonds is 2. The molecule has 0 saturated carbocycles. The van der Waals surface area contributed by atoms with Gasteiger partial charge in [0.1, 0.15) is 17.3 Å². The van der Waals surface area contributed by atoms with E-state index < -0.39 is 23.2 Å². The molecule has 0 aliphatic rings. The predicted molar refractivity (Wildman–Crippen MR) is 81.2 cm³/mol. The molecule has 0 heterocycles. The number of anilines is 1. The number of nitrogens with one attached hydrogen (secondary N) is 1. The van der Waals surface area contributed by atoms with E-state index in [0.29, 0.717) is 10.0 Å². The quantitative estimate of drug-likeness (QED) is 0.684. The number of hydrogen-bond acceptors (Lipinski definition) is 1. The summed E-state index contributed by atoms with van der Waals surface area (Å²) in [5.41, 5.74) is -0.132. The lowest BCUT2D eigenvalue weighted by Crippen LogP contribution is -2.15. The first-order valence-corrected chi connectivity index (χ1v) is 7.06. The van der Waals surface area contributed by atoms with E-state index in [1.807, 2.05) is 6.07 Å². The van der Waals surface area contributed by atoms with Crippen molar-refractivity contribution < 1.29 is 13.6 Å². The third-order valence-corrected chi connectivity index (χ3v) is 3.74. The zero-order valence-corrected chi connectivity index (χ0v) is 13.1. The molecule has 98 valence electrons. The van der Waals surface area contributed by atoms with Gasteiger partial charge >= 0.3 is 0 Å². The summed E-state index contributed by atoms with van der Waals surface area (Å²) in [6.07, 6.45) is 0. The minimum atomic E-state index is -0.810. The molecule has 0 spiro atoms. The number of carbonyl (C=O) groups is 1. The van der Waals surface area contributed by atoms with Crippen molar-refractivity contribution in [2.45, 2.75) is 0 Å². The topological polar surface area (TPSA) is 29.1 Å². The molecule has 1 amide bonds. The van der Waals surface area contributed by atoms with Crippen LogP contribution >= 0.6 is 38.5 Å². The van der Waals surface area contributed by atoms with Crippen LogP contribution in [0.1, 0.15) is 10.4 Å². The fourth-order valence-corrected chi connectivity index (χ4v) is 2.39. The summed E-state index contributed by atoms with van der Waals surface area (Å²) in [4.78, 5) is 12.0. The number of para-hydroxylation sites is 1. The predicted octanol–water partition coefficient (Wildman–Crippen LogP) is 4.58. The van der Waals surface area contributed by atoms with E-state index in [4.69, 9.17) is 0 Å². The maximum Gasteiger partial charge on any atom is 0.257 e. The van der Waals surface area contributed by atoms with Crippen molar-refractivity contribution in [2.24, 2.45) is 0 Å². The van der Waals surface area contributed by atoms with Crippen molar-refractivity contribution in [3.05, 3.63) is 61.6 Å². The van der Waals surface area contributed by atoms with E-state index in [2.05, 4.69) is 43.8 Å². The number of carbonyl (C=O) groups excluding carboxylic acids is 1. The molecular formula is C13H7BrF2INO. The van der Waals surface area contributed by atoms with Gasteiger partial charge in [-0.2, -0.15) is 0 Å². The highest BCUT2D eigenvalue weighted by molar-refractivity contribution is 14.1. The zero-order valence-electron chi connectivity index (χ0n) is 9.38. The molecule has 2 rings (SSSR count). The van der Waals surface area contributed by atoms with Gasteiger partial charge in [0, 0.05) is 8.04 Å². The first-order valence-electron chi connectivity index (χ1n) is 5.19. The Morgan fingerprint density at radius 2 is 1.79 bits per heavy atom. The van der Waals surface area contributed by atoms with E-state index in [1.165, 1.54) is 6.07 Å². The van der Waals surface area contributed by atoms with Crippen molar-refractivity contribution in [2.75, 3.05) is 5.32 Å². The smallest absolute Gasteiger partial charge is 0.257 e. The second kappa shape index (κ2) is 5.96. The Kier molecular flexibility index (Phi) is 4.51. The Morgan fingerprint density at radius 1 is 1.16 bits per heavy atom. The number of hydrogen-bond donors (Lipinski definition) is 1. The number of halogens is 4. The monoisotopic (exact) mass is 437 g/mol. The second-order valence-electron chi connectivity index (χ2n) is 3.67. The van der Waals surface area contributed by atoms with Crippen LogP contribution in [0.2, 0.25) is 0 Å². The molecule has 19 heavy (non-hydrogen) atoms. The molecule has 2 nitrogen and oxygen atoms in total. The van der Waals surface area contributed by atoms with Gasteiger partial charge in [0.15, 0.2) is 0 Å². The lowest BCUT2D eigenvalue weighted by Gasteiger charge is -2.09. The Morgan fingerprint density at radius 3 is 2.42 bits per heavy atom. The summed E-state index contributed by atoms with van der Waals surface area (Å²) in [5.74, 6) is -2.19. The summed E-state index contributed by atoms with van der Waals surface area (Å²) in [6.45, 7) is 0. The van der Waals surface area contributed by atoms with Gasteiger partial charge in [0.05, 0.1) is 5.56 Å². The average molecular weight is 438 g/mol. The standard InChI is InChI=1S/C13H7BrF2INO/c14-9-5-4-7(17)6-8(9)13(19)18-12-10(15)2-1-3-11(12)16/h1-6H,(H,18,19).